The first-order valence-electron chi connectivity index (χ1n) is 4.03. The van der Waals surface area contributed by atoms with Crippen molar-refractivity contribution in [3.63, 3.8) is 0 Å². The van der Waals surface area contributed by atoms with Crippen LogP contribution in [0, 0.1) is 0 Å². The van der Waals surface area contributed by atoms with Gasteiger partial charge in [-0.15, -0.1) is 11.6 Å². The summed E-state index contributed by atoms with van der Waals surface area (Å²) in [5.74, 6) is 0. The van der Waals surface area contributed by atoms with Crippen molar-refractivity contribution in [1.82, 2.24) is 0 Å². The van der Waals surface area contributed by atoms with Crippen LogP contribution in [0.1, 0.15) is 10.9 Å². The summed E-state index contributed by atoms with van der Waals surface area (Å²) < 4.78 is 0. The van der Waals surface area contributed by atoms with E-state index in [0.717, 1.165) is 11.3 Å². The molecule has 2 unspecified atom stereocenters. The second-order valence-electron chi connectivity index (χ2n) is 3.18. The van der Waals surface area contributed by atoms with Gasteiger partial charge in [-0.2, -0.15) is 0 Å². The van der Waals surface area contributed by atoms with E-state index in [1.54, 1.807) is 6.07 Å². The van der Waals surface area contributed by atoms with Gasteiger partial charge in [0.2, 0.25) is 0 Å². The van der Waals surface area contributed by atoms with Crippen molar-refractivity contribution in [2.45, 2.75) is 10.9 Å². The highest BCUT2D eigenvalue weighted by molar-refractivity contribution is 6.44. The Labute approximate surface area is 102 Å². The summed E-state index contributed by atoms with van der Waals surface area (Å²) in [4.78, 5) is 1.89. The summed E-state index contributed by atoms with van der Waals surface area (Å²) in [6, 6.07) is 3.62. The molecule has 0 amide bonds. The third kappa shape index (κ3) is 1.38. The number of fused-ring (bicyclic) bond motifs is 1. The molecule has 2 atom stereocenters. The largest absolute Gasteiger partial charge is 0.356 e. The van der Waals surface area contributed by atoms with Gasteiger partial charge in [-0.25, -0.2) is 0 Å². The summed E-state index contributed by atoms with van der Waals surface area (Å²) in [6.07, 6.45) is 0. The number of rotatable bonds is 0. The molecule has 1 aliphatic heterocycles. The molecule has 1 nitrogen and oxygen atoms in total. The lowest BCUT2D eigenvalue weighted by Crippen LogP contribution is -2.22. The molecule has 76 valence electrons. The Kier molecular flexibility index (Phi) is 2.78. The first kappa shape index (κ1) is 10.7. The Morgan fingerprint density at radius 2 is 1.86 bits per heavy atom. The van der Waals surface area contributed by atoms with Gasteiger partial charge < -0.3 is 4.90 Å². The van der Waals surface area contributed by atoms with Crippen LogP contribution in [-0.2, 0) is 0 Å². The topological polar surface area (TPSA) is 3.24 Å². The van der Waals surface area contributed by atoms with E-state index in [0.29, 0.717) is 10.0 Å². The molecule has 0 saturated carbocycles. The Balaban J connectivity index is 2.64. The maximum Gasteiger partial charge on any atom is 0.124 e. The summed E-state index contributed by atoms with van der Waals surface area (Å²) >= 11 is 24.2. The van der Waals surface area contributed by atoms with Gasteiger partial charge >= 0.3 is 0 Å². The van der Waals surface area contributed by atoms with E-state index < -0.39 is 0 Å². The lowest BCUT2D eigenvalue weighted by atomic mass is 10.1. The van der Waals surface area contributed by atoms with Gasteiger partial charge in [0.15, 0.2) is 0 Å². The Morgan fingerprint density at radius 3 is 2.50 bits per heavy atom. The highest BCUT2D eigenvalue weighted by Gasteiger charge is 2.36. The summed E-state index contributed by atoms with van der Waals surface area (Å²) in [6.45, 7) is 0. The number of benzene rings is 1. The molecule has 0 fully saturated rings. The van der Waals surface area contributed by atoms with E-state index in [1.165, 1.54) is 0 Å². The molecule has 5 heteroatoms. The zero-order valence-electron chi connectivity index (χ0n) is 7.27. The molecule has 0 spiro atoms. The van der Waals surface area contributed by atoms with Gasteiger partial charge in [0, 0.05) is 18.3 Å². The molecule has 0 bridgehead atoms. The van der Waals surface area contributed by atoms with Gasteiger partial charge in [0.05, 0.1) is 15.4 Å². The minimum Gasteiger partial charge on any atom is -0.356 e. The fraction of sp³-hybridized carbons (Fsp3) is 0.333. The van der Waals surface area contributed by atoms with E-state index in [-0.39, 0.29) is 10.9 Å². The second-order valence-corrected chi connectivity index (χ2v) is 4.88. The third-order valence-electron chi connectivity index (χ3n) is 2.38. The number of hydrogen-bond acceptors (Lipinski definition) is 1. The van der Waals surface area contributed by atoms with Crippen LogP contribution >= 0.6 is 46.4 Å². The van der Waals surface area contributed by atoms with Gasteiger partial charge in [-0.3, -0.25) is 0 Å². The first-order chi connectivity index (χ1) is 6.54. The average Bonchev–Trinajstić information content (AvgIpc) is 2.38. The van der Waals surface area contributed by atoms with E-state index in [2.05, 4.69) is 0 Å². The van der Waals surface area contributed by atoms with Crippen LogP contribution in [0.15, 0.2) is 12.1 Å². The van der Waals surface area contributed by atoms with Gasteiger partial charge in [-0.05, 0) is 12.1 Å². The standard InChI is InChI=1S/C9H7Cl4N/c1-14-5-3-2-4(10)7(11)6(5)8(12)9(14)13/h2-3,8-9H,1H3. The zero-order chi connectivity index (χ0) is 10.5. The minimum atomic E-state index is -0.317. The van der Waals surface area contributed by atoms with Crippen LogP contribution in [0.3, 0.4) is 0 Å². The first-order valence-corrected chi connectivity index (χ1v) is 5.65. The quantitative estimate of drug-likeness (QED) is 0.502. The lowest BCUT2D eigenvalue weighted by Gasteiger charge is -2.17. The molecule has 1 aromatic carbocycles. The number of likely N-dealkylation sites (N-methyl/N-ethyl adjacent to an activating group) is 1. The molecule has 0 aliphatic carbocycles. The molecule has 0 aromatic heterocycles. The van der Waals surface area contributed by atoms with Crippen LogP contribution in [0.4, 0.5) is 5.69 Å². The van der Waals surface area contributed by atoms with E-state index >= 15 is 0 Å². The molecule has 14 heavy (non-hydrogen) atoms. The van der Waals surface area contributed by atoms with Crippen LogP contribution in [0.2, 0.25) is 10.0 Å². The SMILES string of the molecule is CN1c2ccc(Cl)c(Cl)c2C(Cl)C1Cl. The fourth-order valence-corrected chi connectivity index (χ4v) is 2.71. The molecule has 1 heterocycles. The highest BCUT2D eigenvalue weighted by atomic mass is 35.5. The number of nitrogens with zero attached hydrogens (tertiary/aromatic N) is 1. The molecule has 2 rings (SSSR count). The third-order valence-corrected chi connectivity index (χ3v) is 4.33. The fourth-order valence-electron chi connectivity index (χ4n) is 1.59. The molecule has 0 radical (unpaired) electrons. The number of halogens is 4. The number of hydrogen-bond donors (Lipinski definition) is 0. The molecule has 0 saturated heterocycles. The Bertz CT molecular complexity index is 379. The van der Waals surface area contributed by atoms with Crippen molar-refractivity contribution < 1.29 is 0 Å². The predicted molar refractivity (Wildman–Crippen MR) is 63.1 cm³/mol. The maximum absolute atomic E-state index is 6.15. The molecular formula is C9H7Cl4N. The summed E-state index contributed by atoms with van der Waals surface area (Å²) in [7, 11) is 1.88. The molecule has 1 aromatic rings. The smallest absolute Gasteiger partial charge is 0.124 e. The van der Waals surface area contributed by atoms with Crippen molar-refractivity contribution in [3.05, 3.63) is 27.7 Å². The van der Waals surface area contributed by atoms with Gasteiger partial charge in [-0.1, -0.05) is 34.8 Å². The maximum atomic E-state index is 6.15. The van der Waals surface area contributed by atoms with Crippen molar-refractivity contribution in [3.8, 4) is 0 Å². The van der Waals surface area contributed by atoms with Crippen molar-refractivity contribution in [2.75, 3.05) is 11.9 Å². The van der Waals surface area contributed by atoms with Crippen molar-refractivity contribution >= 4 is 52.1 Å². The van der Waals surface area contributed by atoms with Crippen LogP contribution < -0.4 is 4.90 Å². The van der Waals surface area contributed by atoms with Crippen LogP contribution in [0.25, 0.3) is 0 Å². The van der Waals surface area contributed by atoms with Crippen molar-refractivity contribution in [1.29, 1.82) is 0 Å². The molecule has 0 N–H and O–H groups in total. The van der Waals surface area contributed by atoms with Crippen LogP contribution in [-0.4, -0.2) is 12.5 Å². The molecule has 1 aliphatic rings. The lowest BCUT2D eigenvalue weighted by molar-refractivity contribution is 0.854. The highest BCUT2D eigenvalue weighted by Crippen LogP contribution is 2.49. The number of alkyl halides is 2. The van der Waals surface area contributed by atoms with E-state index in [1.807, 2.05) is 18.0 Å². The molecular weight excluding hydrogens is 264 g/mol. The Morgan fingerprint density at radius 1 is 1.21 bits per heavy atom. The monoisotopic (exact) mass is 269 g/mol. The predicted octanol–water partition coefficient (Wildman–Crippen LogP) is 4.29. The summed E-state index contributed by atoms with van der Waals surface area (Å²) in [5.41, 5.74) is 1.49. The zero-order valence-corrected chi connectivity index (χ0v) is 10.3. The number of anilines is 1. The normalized spacial score (nSPS) is 25.4. The second kappa shape index (κ2) is 3.64. The summed E-state index contributed by atoms with van der Waals surface area (Å²) in [5, 5.41) is 0.692. The van der Waals surface area contributed by atoms with Crippen molar-refractivity contribution in [2.24, 2.45) is 0 Å². The average molecular weight is 271 g/mol. The minimum absolute atomic E-state index is 0.275. The van der Waals surface area contributed by atoms with Gasteiger partial charge in [0.1, 0.15) is 5.50 Å². The van der Waals surface area contributed by atoms with Gasteiger partial charge in [0.25, 0.3) is 0 Å². The van der Waals surface area contributed by atoms with E-state index in [9.17, 15) is 0 Å². The van der Waals surface area contributed by atoms with E-state index in [4.69, 9.17) is 46.4 Å². The Hall–Kier alpha value is 0.180. The van der Waals surface area contributed by atoms with Crippen LogP contribution in [0.5, 0.6) is 0 Å².